The maximum atomic E-state index is 11.9. The van der Waals surface area contributed by atoms with Crippen molar-refractivity contribution in [2.24, 2.45) is 5.41 Å². The summed E-state index contributed by atoms with van der Waals surface area (Å²) in [4.78, 5) is 23.7. The average molecular weight is 351 g/mol. The smallest absolute Gasteiger partial charge is 0.319 e. The largest absolute Gasteiger partial charge is 0.346 e. The van der Waals surface area contributed by atoms with Crippen LogP contribution in [0.1, 0.15) is 20.3 Å². The molecule has 0 aromatic carbocycles. The van der Waals surface area contributed by atoms with E-state index in [0.717, 1.165) is 22.1 Å². The Morgan fingerprint density at radius 3 is 3.04 bits per heavy atom. The van der Waals surface area contributed by atoms with E-state index in [2.05, 4.69) is 38.2 Å². The second-order valence-corrected chi connectivity index (χ2v) is 6.83. The number of rotatable bonds is 6. The lowest BCUT2D eigenvalue weighted by Crippen LogP contribution is -2.39. The molecule has 0 saturated carbocycles. The zero-order valence-electron chi connectivity index (χ0n) is 14.8. The molecule has 0 aliphatic carbocycles. The van der Waals surface area contributed by atoms with E-state index < -0.39 is 5.41 Å². The average Bonchev–Trinajstić information content (AvgIpc) is 3.24. The third-order valence-corrected chi connectivity index (χ3v) is 4.10. The predicted molar refractivity (Wildman–Crippen MR) is 99.1 cm³/mol. The third kappa shape index (κ3) is 3.67. The van der Waals surface area contributed by atoms with Gasteiger partial charge in [0.15, 0.2) is 0 Å². The molecule has 3 aromatic heterocycles. The maximum Gasteiger partial charge on any atom is 0.319 e. The van der Waals surface area contributed by atoms with Crippen LogP contribution in [-0.4, -0.2) is 32.1 Å². The summed E-state index contributed by atoms with van der Waals surface area (Å²) in [5, 5.41) is 15.4. The van der Waals surface area contributed by atoms with Crippen LogP contribution in [0, 0.1) is 16.7 Å². The Morgan fingerprint density at radius 1 is 1.46 bits per heavy atom. The van der Waals surface area contributed by atoms with Gasteiger partial charge in [-0.05, 0) is 19.9 Å². The fourth-order valence-corrected chi connectivity index (χ4v) is 2.60. The van der Waals surface area contributed by atoms with E-state index in [1.54, 1.807) is 26.4 Å². The summed E-state index contributed by atoms with van der Waals surface area (Å²) in [5.41, 5.74) is 2.63. The molecule has 0 unspecified atom stereocenters. The van der Waals surface area contributed by atoms with Crippen LogP contribution >= 0.6 is 0 Å². The predicted octanol–water partition coefficient (Wildman–Crippen LogP) is 2.67. The maximum absolute atomic E-state index is 11.9. The monoisotopic (exact) mass is 351 g/mol. The van der Waals surface area contributed by atoms with Crippen molar-refractivity contribution >= 4 is 28.1 Å². The van der Waals surface area contributed by atoms with Crippen molar-refractivity contribution in [1.29, 1.82) is 5.26 Å². The van der Waals surface area contributed by atoms with Gasteiger partial charge in [-0.3, -0.25) is 0 Å². The van der Waals surface area contributed by atoms with Crippen LogP contribution in [0.15, 0.2) is 37.1 Å². The van der Waals surface area contributed by atoms with Gasteiger partial charge in [0.1, 0.15) is 11.2 Å². The van der Waals surface area contributed by atoms with Gasteiger partial charge >= 0.3 is 6.03 Å². The van der Waals surface area contributed by atoms with E-state index in [9.17, 15) is 4.79 Å². The Morgan fingerprint density at radius 2 is 2.27 bits per heavy atom. The number of nitrogens with zero attached hydrogens (tertiary/aromatic N) is 4. The van der Waals surface area contributed by atoms with Crippen molar-refractivity contribution in [2.75, 3.05) is 6.54 Å². The number of amides is 2. The summed E-state index contributed by atoms with van der Waals surface area (Å²) in [6.45, 7) is 8.33. The first-order valence-electron chi connectivity index (χ1n) is 8.30. The number of pyridine rings is 1. The lowest BCUT2D eigenvalue weighted by Gasteiger charge is -2.17. The number of carbonyl (C=O) groups excluding carboxylic acids is 1. The summed E-state index contributed by atoms with van der Waals surface area (Å²) < 4.78 is 2.02. The third-order valence-electron chi connectivity index (χ3n) is 4.10. The molecular formula is C18H21N7O. The lowest BCUT2D eigenvalue weighted by atomic mass is 9.96. The molecule has 3 rings (SSSR count). The topological polar surface area (TPSA) is 111 Å². The van der Waals surface area contributed by atoms with Gasteiger partial charge in [0.2, 0.25) is 0 Å². The van der Waals surface area contributed by atoms with Gasteiger partial charge in [-0.1, -0.05) is 6.58 Å². The highest BCUT2D eigenvalue weighted by molar-refractivity contribution is 6.00. The minimum Gasteiger partial charge on any atom is -0.346 e. The number of urea groups is 1. The van der Waals surface area contributed by atoms with Crippen LogP contribution in [0.25, 0.3) is 22.1 Å². The number of nitriles is 1. The van der Waals surface area contributed by atoms with Gasteiger partial charge in [-0.15, -0.1) is 0 Å². The van der Waals surface area contributed by atoms with Crippen molar-refractivity contribution in [3.8, 4) is 6.07 Å². The number of fused-ring (bicyclic) bond motifs is 3. The summed E-state index contributed by atoms with van der Waals surface area (Å²) in [5.74, 6) is 0. The Bertz CT molecular complexity index is 1010. The second kappa shape index (κ2) is 6.88. The number of aromatic amines is 1. The highest BCUT2D eigenvalue weighted by atomic mass is 16.2. The van der Waals surface area contributed by atoms with Crippen LogP contribution in [0.4, 0.5) is 4.79 Å². The number of aryl methyl sites for hydroxylation is 1. The number of allylic oxidation sites excluding steroid dienone is 1. The summed E-state index contributed by atoms with van der Waals surface area (Å²) in [7, 11) is 0. The highest BCUT2D eigenvalue weighted by Crippen LogP contribution is 2.22. The van der Waals surface area contributed by atoms with Gasteiger partial charge in [0.25, 0.3) is 0 Å². The molecule has 134 valence electrons. The molecule has 0 aliphatic rings. The Labute approximate surface area is 150 Å². The SMILES string of the molecule is C=C(CCn1cnc2cnc3[nH]ccc3c21)NC(=O)NCC(C)(C)C#N. The first-order valence-corrected chi connectivity index (χ1v) is 8.30. The molecule has 0 atom stereocenters. The van der Waals surface area contributed by atoms with E-state index in [0.29, 0.717) is 18.7 Å². The Hall–Kier alpha value is -3.34. The number of aromatic nitrogens is 4. The van der Waals surface area contributed by atoms with Crippen molar-refractivity contribution in [3.63, 3.8) is 0 Å². The van der Waals surface area contributed by atoms with Crippen LogP contribution in [0.3, 0.4) is 0 Å². The van der Waals surface area contributed by atoms with Crippen molar-refractivity contribution in [1.82, 2.24) is 30.2 Å². The quantitative estimate of drug-likeness (QED) is 0.634. The minimum atomic E-state index is -0.607. The van der Waals surface area contributed by atoms with E-state index >= 15 is 0 Å². The molecule has 3 N–H and O–H groups in total. The molecule has 3 aromatic rings. The number of H-pyrrole nitrogens is 1. The molecular weight excluding hydrogens is 330 g/mol. The molecule has 8 nitrogen and oxygen atoms in total. The fourth-order valence-electron chi connectivity index (χ4n) is 2.60. The number of hydrogen-bond acceptors (Lipinski definition) is 4. The fraction of sp³-hybridized carbons (Fsp3) is 0.333. The van der Waals surface area contributed by atoms with E-state index in [1.807, 2.05) is 16.8 Å². The molecule has 26 heavy (non-hydrogen) atoms. The van der Waals surface area contributed by atoms with E-state index in [1.165, 1.54) is 0 Å². The molecule has 0 radical (unpaired) electrons. The zero-order valence-corrected chi connectivity index (χ0v) is 14.8. The van der Waals surface area contributed by atoms with Crippen LogP contribution in [0.2, 0.25) is 0 Å². The molecule has 0 fully saturated rings. The number of carbonyl (C=O) groups is 1. The normalized spacial score (nSPS) is 11.4. The summed E-state index contributed by atoms with van der Waals surface area (Å²) in [6, 6.07) is 3.76. The number of imidazole rings is 1. The van der Waals surface area contributed by atoms with Gasteiger partial charge in [0, 0.05) is 36.8 Å². The Balaban J connectivity index is 1.60. The van der Waals surface area contributed by atoms with Gasteiger partial charge in [-0.25, -0.2) is 14.8 Å². The Kier molecular flexibility index (Phi) is 4.63. The van der Waals surface area contributed by atoms with Crippen molar-refractivity contribution in [3.05, 3.63) is 37.1 Å². The van der Waals surface area contributed by atoms with Crippen LogP contribution < -0.4 is 10.6 Å². The van der Waals surface area contributed by atoms with Gasteiger partial charge < -0.3 is 20.2 Å². The molecule has 0 saturated heterocycles. The molecule has 0 aliphatic heterocycles. The van der Waals surface area contributed by atoms with Gasteiger partial charge in [0.05, 0.1) is 29.5 Å². The molecule has 0 spiro atoms. The van der Waals surface area contributed by atoms with Crippen LogP contribution in [0.5, 0.6) is 0 Å². The molecule has 0 bridgehead atoms. The highest BCUT2D eigenvalue weighted by Gasteiger charge is 2.17. The van der Waals surface area contributed by atoms with E-state index in [4.69, 9.17) is 5.26 Å². The first kappa shape index (κ1) is 17.5. The first-order chi connectivity index (χ1) is 12.4. The number of hydrogen-bond donors (Lipinski definition) is 3. The summed E-state index contributed by atoms with van der Waals surface area (Å²) in [6.07, 6.45) is 5.92. The van der Waals surface area contributed by atoms with Gasteiger partial charge in [-0.2, -0.15) is 5.26 Å². The van der Waals surface area contributed by atoms with E-state index in [-0.39, 0.29) is 12.6 Å². The minimum absolute atomic E-state index is 0.271. The van der Waals surface area contributed by atoms with Crippen LogP contribution in [-0.2, 0) is 6.54 Å². The second-order valence-electron chi connectivity index (χ2n) is 6.83. The standard InChI is InChI=1S/C18H21N7O/c1-12(24-17(26)22-10-18(2,3)9-19)5-7-25-11-23-14-8-21-16-13(15(14)25)4-6-20-16/h4,6,8,11H,1,5,7,10H2,2-3H3,(H,20,21)(H2,22,24,26). The zero-order chi connectivity index (χ0) is 18.7. The number of nitrogens with one attached hydrogen (secondary N) is 3. The van der Waals surface area contributed by atoms with Crippen molar-refractivity contribution < 1.29 is 4.79 Å². The molecule has 8 heteroatoms. The van der Waals surface area contributed by atoms with Crippen molar-refractivity contribution in [2.45, 2.75) is 26.8 Å². The molecule has 3 heterocycles. The lowest BCUT2D eigenvalue weighted by molar-refractivity contribution is 0.240. The summed E-state index contributed by atoms with van der Waals surface area (Å²) >= 11 is 0. The molecule has 2 amide bonds.